The number of nitrogens with two attached hydrogens (primary N) is 1. The molecule has 0 spiro atoms. The summed E-state index contributed by atoms with van der Waals surface area (Å²) in [6.07, 6.45) is 0. The highest BCUT2D eigenvalue weighted by molar-refractivity contribution is 5.76. The van der Waals surface area contributed by atoms with Gasteiger partial charge in [-0.05, 0) is 41.5 Å². The van der Waals surface area contributed by atoms with Gasteiger partial charge in [-0.3, -0.25) is 4.79 Å². The van der Waals surface area contributed by atoms with Crippen molar-refractivity contribution in [2.24, 2.45) is 5.73 Å². The predicted octanol–water partition coefficient (Wildman–Crippen LogP) is 1.12. The minimum Gasteiger partial charge on any atom is -0.459 e. The highest BCUT2D eigenvalue weighted by atomic mass is 16.6. The number of esters is 1. The molecule has 0 radical (unpaired) electrons. The van der Waals surface area contributed by atoms with Crippen LogP contribution in [0.3, 0.4) is 0 Å². The number of hydrogen-bond donors (Lipinski definition) is 1. The van der Waals surface area contributed by atoms with Gasteiger partial charge in [-0.15, -0.1) is 0 Å². The molecule has 2 atom stereocenters. The fourth-order valence-electron chi connectivity index (χ4n) is 1.64. The summed E-state index contributed by atoms with van der Waals surface area (Å²) in [6.45, 7) is 10.9. The van der Waals surface area contributed by atoms with Crippen LogP contribution < -0.4 is 5.73 Å². The van der Waals surface area contributed by atoms with Crippen molar-refractivity contribution in [3.05, 3.63) is 11.6 Å². The number of ether oxygens (including phenoxy) is 1. The molecule has 1 rings (SSSR count). The van der Waals surface area contributed by atoms with Crippen LogP contribution in [0.1, 0.15) is 45.4 Å². The highest BCUT2D eigenvalue weighted by Gasteiger charge is 2.28. The summed E-state index contributed by atoms with van der Waals surface area (Å²) in [5.74, 6) is 0.970. The Hall–Kier alpha value is -1.43. The van der Waals surface area contributed by atoms with Crippen molar-refractivity contribution in [1.82, 2.24) is 14.8 Å². The first-order valence-corrected chi connectivity index (χ1v) is 6.00. The van der Waals surface area contributed by atoms with Gasteiger partial charge in [0.25, 0.3) is 0 Å². The fraction of sp³-hybridized carbons (Fsp3) is 0.750. The third-order valence-corrected chi connectivity index (χ3v) is 2.49. The molecule has 0 amide bonds. The first-order valence-electron chi connectivity index (χ1n) is 6.00. The summed E-state index contributed by atoms with van der Waals surface area (Å²) in [6, 6.07) is -1.05. The average Bonchev–Trinajstić information content (AvgIpc) is 2.53. The summed E-state index contributed by atoms with van der Waals surface area (Å²) in [4.78, 5) is 16.1. The lowest BCUT2D eigenvalue weighted by Gasteiger charge is -2.25. The Morgan fingerprint density at radius 2 is 1.94 bits per heavy atom. The molecular weight excluding hydrogens is 232 g/mol. The summed E-state index contributed by atoms with van der Waals surface area (Å²) in [7, 11) is 0. The average molecular weight is 254 g/mol. The maximum atomic E-state index is 11.9. The van der Waals surface area contributed by atoms with Crippen LogP contribution in [-0.4, -0.2) is 32.4 Å². The van der Waals surface area contributed by atoms with Crippen LogP contribution in [0, 0.1) is 13.8 Å². The van der Waals surface area contributed by atoms with E-state index in [1.165, 1.54) is 0 Å². The standard InChI is InChI=1S/C12H22N4O2/c1-7(16-9(3)14-8(2)15-16)10(13)11(17)18-12(4,5)6/h7,10H,13H2,1-6H3. The third-order valence-electron chi connectivity index (χ3n) is 2.49. The van der Waals surface area contributed by atoms with E-state index >= 15 is 0 Å². The van der Waals surface area contributed by atoms with Crippen LogP contribution in [-0.2, 0) is 9.53 Å². The lowest BCUT2D eigenvalue weighted by molar-refractivity contribution is -0.157. The van der Waals surface area contributed by atoms with E-state index in [1.807, 2.05) is 34.6 Å². The number of carbonyl (C=O) groups excluding carboxylic acids is 1. The van der Waals surface area contributed by atoms with Gasteiger partial charge in [-0.2, -0.15) is 5.10 Å². The number of carbonyl (C=O) groups is 1. The lowest BCUT2D eigenvalue weighted by Crippen LogP contribution is -2.43. The van der Waals surface area contributed by atoms with Gasteiger partial charge in [0.15, 0.2) is 0 Å². The summed E-state index contributed by atoms with van der Waals surface area (Å²) in [5, 5.41) is 4.23. The van der Waals surface area contributed by atoms with E-state index in [9.17, 15) is 4.79 Å². The van der Waals surface area contributed by atoms with Gasteiger partial charge in [0, 0.05) is 0 Å². The molecule has 6 nitrogen and oxygen atoms in total. The molecule has 0 saturated heterocycles. The van der Waals surface area contributed by atoms with Crippen molar-refractivity contribution in [3.8, 4) is 0 Å². The Kier molecular flexibility index (Phi) is 4.11. The Morgan fingerprint density at radius 1 is 1.39 bits per heavy atom. The second-order valence-electron chi connectivity index (χ2n) is 5.45. The van der Waals surface area contributed by atoms with Gasteiger partial charge >= 0.3 is 5.97 Å². The summed E-state index contributed by atoms with van der Waals surface area (Å²) < 4.78 is 6.92. The van der Waals surface area contributed by atoms with Crippen molar-refractivity contribution in [3.63, 3.8) is 0 Å². The fourth-order valence-corrected chi connectivity index (χ4v) is 1.64. The normalized spacial score (nSPS) is 15.3. The highest BCUT2D eigenvalue weighted by Crippen LogP contribution is 2.15. The van der Waals surface area contributed by atoms with E-state index in [0.29, 0.717) is 5.82 Å². The van der Waals surface area contributed by atoms with Crippen LogP contribution in [0.4, 0.5) is 0 Å². The molecule has 0 aliphatic rings. The molecule has 0 aliphatic heterocycles. The van der Waals surface area contributed by atoms with E-state index in [2.05, 4.69) is 10.1 Å². The molecule has 2 unspecified atom stereocenters. The molecule has 0 aliphatic carbocycles. The monoisotopic (exact) mass is 254 g/mol. The Morgan fingerprint density at radius 3 is 2.33 bits per heavy atom. The minimum absolute atomic E-state index is 0.291. The molecule has 0 aromatic carbocycles. The number of aryl methyl sites for hydroxylation is 2. The quantitative estimate of drug-likeness (QED) is 0.817. The van der Waals surface area contributed by atoms with Crippen LogP contribution in [0.25, 0.3) is 0 Å². The summed E-state index contributed by atoms with van der Waals surface area (Å²) >= 11 is 0. The second-order valence-corrected chi connectivity index (χ2v) is 5.45. The van der Waals surface area contributed by atoms with Crippen molar-refractivity contribution in [1.29, 1.82) is 0 Å². The van der Waals surface area contributed by atoms with Crippen LogP contribution in [0.15, 0.2) is 0 Å². The van der Waals surface area contributed by atoms with Crippen molar-refractivity contribution in [2.75, 3.05) is 0 Å². The third kappa shape index (κ3) is 3.53. The molecular formula is C12H22N4O2. The van der Waals surface area contributed by atoms with E-state index in [1.54, 1.807) is 11.6 Å². The van der Waals surface area contributed by atoms with Crippen LogP contribution in [0.5, 0.6) is 0 Å². The van der Waals surface area contributed by atoms with Gasteiger partial charge in [-0.1, -0.05) is 0 Å². The first-order chi connectivity index (χ1) is 8.11. The summed E-state index contributed by atoms with van der Waals surface area (Å²) in [5.41, 5.74) is 5.38. The molecule has 1 aromatic rings. The molecule has 0 bridgehead atoms. The Balaban J connectivity index is 2.81. The maximum absolute atomic E-state index is 11.9. The predicted molar refractivity (Wildman–Crippen MR) is 68.0 cm³/mol. The van der Waals surface area contributed by atoms with E-state index in [0.717, 1.165) is 5.82 Å². The Labute approximate surface area is 108 Å². The smallest absolute Gasteiger partial charge is 0.325 e. The molecule has 0 fully saturated rings. The maximum Gasteiger partial charge on any atom is 0.325 e. The number of hydrogen-bond acceptors (Lipinski definition) is 5. The number of aromatic nitrogens is 3. The van der Waals surface area contributed by atoms with Crippen molar-refractivity contribution >= 4 is 5.97 Å². The Bertz CT molecular complexity index is 434. The molecule has 1 heterocycles. The van der Waals surface area contributed by atoms with Gasteiger partial charge in [-0.25, -0.2) is 9.67 Å². The topological polar surface area (TPSA) is 83.0 Å². The van der Waals surface area contributed by atoms with Crippen LogP contribution >= 0.6 is 0 Å². The van der Waals surface area contributed by atoms with Crippen molar-refractivity contribution < 1.29 is 9.53 Å². The zero-order chi connectivity index (χ0) is 14.1. The van der Waals surface area contributed by atoms with Gasteiger partial charge < -0.3 is 10.5 Å². The van der Waals surface area contributed by atoms with Crippen LogP contribution in [0.2, 0.25) is 0 Å². The number of nitrogens with zero attached hydrogens (tertiary/aromatic N) is 3. The van der Waals surface area contributed by atoms with Gasteiger partial charge in [0.05, 0.1) is 6.04 Å². The molecule has 1 aromatic heterocycles. The van der Waals surface area contributed by atoms with E-state index in [4.69, 9.17) is 10.5 Å². The molecule has 18 heavy (non-hydrogen) atoms. The zero-order valence-electron chi connectivity index (χ0n) is 11.9. The first kappa shape index (κ1) is 14.6. The number of rotatable bonds is 3. The SMILES string of the molecule is Cc1nc(C)n(C(C)C(N)C(=O)OC(C)(C)C)n1. The molecule has 6 heteroatoms. The largest absolute Gasteiger partial charge is 0.459 e. The minimum atomic E-state index is -0.760. The van der Waals surface area contributed by atoms with E-state index in [-0.39, 0.29) is 6.04 Å². The van der Waals surface area contributed by atoms with Crippen molar-refractivity contribution in [2.45, 2.75) is 59.2 Å². The zero-order valence-corrected chi connectivity index (χ0v) is 11.9. The van der Waals surface area contributed by atoms with E-state index < -0.39 is 17.6 Å². The van der Waals surface area contributed by atoms with Gasteiger partial charge in [0.2, 0.25) is 0 Å². The molecule has 0 saturated carbocycles. The molecule has 2 N–H and O–H groups in total. The van der Waals surface area contributed by atoms with Gasteiger partial charge in [0.1, 0.15) is 23.3 Å². The molecule has 102 valence electrons. The lowest BCUT2D eigenvalue weighted by atomic mass is 10.1. The second kappa shape index (κ2) is 5.06.